The molecule has 2 aliphatic rings. The summed E-state index contributed by atoms with van der Waals surface area (Å²) < 4.78 is 11.0. The number of ether oxygens (including phenoxy) is 2. The van der Waals surface area contributed by atoms with E-state index in [0.717, 1.165) is 55.1 Å². The molecule has 0 radical (unpaired) electrons. The highest BCUT2D eigenvalue weighted by Crippen LogP contribution is 2.49. The fraction of sp³-hybridized carbons (Fsp3) is 0.500. The van der Waals surface area contributed by atoms with Gasteiger partial charge in [0, 0.05) is 43.0 Å². The number of carbonyl (C=O) groups is 1. The van der Waals surface area contributed by atoms with Crippen LogP contribution < -0.4 is 25.0 Å². The van der Waals surface area contributed by atoms with Crippen molar-refractivity contribution in [2.75, 3.05) is 52.1 Å². The third-order valence-corrected chi connectivity index (χ3v) is 7.46. The summed E-state index contributed by atoms with van der Waals surface area (Å²) in [5.74, 6) is 1.53. The van der Waals surface area contributed by atoms with Crippen molar-refractivity contribution in [2.45, 2.75) is 43.2 Å². The molecule has 2 aromatic carbocycles. The molecule has 2 amide bonds. The van der Waals surface area contributed by atoms with E-state index in [4.69, 9.17) is 9.47 Å². The van der Waals surface area contributed by atoms with E-state index in [1.54, 1.807) is 14.2 Å². The van der Waals surface area contributed by atoms with E-state index in [0.29, 0.717) is 6.04 Å². The summed E-state index contributed by atoms with van der Waals surface area (Å²) in [7, 11) is 9.55. The number of methoxy groups -OCH3 is 2. The predicted octanol–water partition coefficient (Wildman–Crippen LogP) is 4.09. The lowest BCUT2D eigenvalue weighted by atomic mass is 9.65. The molecule has 0 bridgehead atoms. The Kier molecular flexibility index (Phi) is 6.70. The first kappa shape index (κ1) is 23.2. The quantitative estimate of drug-likeness (QED) is 0.691. The second kappa shape index (κ2) is 9.51. The normalized spacial score (nSPS) is 24.6. The van der Waals surface area contributed by atoms with Gasteiger partial charge in [0.15, 0.2) is 11.5 Å². The van der Waals surface area contributed by atoms with Crippen LogP contribution in [0.25, 0.3) is 0 Å². The van der Waals surface area contributed by atoms with Crippen LogP contribution in [0.4, 0.5) is 16.2 Å². The first-order valence-corrected chi connectivity index (χ1v) is 11.6. The highest BCUT2D eigenvalue weighted by molar-refractivity contribution is 5.89. The van der Waals surface area contributed by atoms with Crippen LogP contribution in [0.1, 0.15) is 31.2 Å². The number of benzene rings is 2. The van der Waals surface area contributed by atoms with Crippen LogP contribution in [-0.4, -0.2) is 64.9 Å². The number of fused-ring (bicyclic) bond motifs is 1. The Bertz CT molecular complexity index is 978. The number of carbonyl (C=O) groups excluding carboxylic acids is 1. The molecule has 1 heterocycles. The molecule has 0 unspecified atom stereocenters. The van der Waals surface area contributed by atoms with Crippen molar-refractivity contribution in [3.05, 3.63) is 48.0 Å². The molecule has 33 heavy (non-hydrogen) atoms. The van der Waals surface area contributed by atoms with Crippen LogP contribution in [0.15, 0.2) is 42.5 Å². The standard InChI is InChI=1S/C26H36N4O3/c1-29(2)21-9-7-19(8-10-21)27-25(31)28-20-12-13-26(14-15-30(3)24(26)17-20)18-6-11-22(32-4)23(16-18)33-5/h6-11,16,20,24H,12-15,17H2,1-5H3,(H2,27,28,31)/t20-,24+,26+/m1/s1. The van der Waals surface area contributed by atoms with Crippen LogP contribution in [0.5, 0.6) is 11.5 Å². The summed E-state index contributed by atoms with van der Waals surface area (Å²) in [4.78, 5) is 17.2. The topological polar surface area (TPSA) is 66.1 Å². The van der Waals surface area contributed by atoms with Gasteiger partial charge in [-0.1, -0.05) is 6.07 Å². The van der Waals surface area contributed by atoms with Gasteiger partial charge in [0.25, 0.3) is 0 Å². The van der Waals surface area contributed by atoms with Gasteiger partial charge in [-0.05, 0) is 81.2 Å². The molecule has 1 aliphatic heterocycles. The molecular weight excluding hydrogens is 416 g/mol. The van der Waals surface area contributed by atoms with E-state index >= 15 is 0 Å². The van der Waals surface area contributed by atoms with Crippen molar-refractivity contribution in [3.8, 4) is 11.5 Å². The third-order valence-electron chi connectivity index (χ3n) is 7.46. The number of hydrogen-bond donors (Lipinski definition) is 2. The van der Waals surface area contributed by atoms with Gasteiger partial charge in [0.2, 0.25) is 0 Å². The Hall–Kier alpha value is -2.93. The van der Waals surface area contributed by atoms with E-state index in [1.807, 2.05) is 49.3 Å². The largest absolute Gasteiger partial charge is 0.493 e. The summed E-state index contributed by atoms with van der Waals surface area (Å²) in [6, 6.07) is 14.6. The first-order valence-electron chi connectivity index (χ1n) is 11.6. The minimum atomic E-state index is -0.142. The summed E-state index contributed by atoms with van der Waals surface area (Å²) in [5.41, 5.74) is 3.28. The molecule has 2 aromatic rings. The van der Waals surface area contributed by atoms with Crippen molar-refractivity contribution in [2.24, 2.45) is 0 Å². The van der Waals surface area contributed by atoms with Crippen LogP contribution in [-0.2, 0) is 5.41 Å². The zero-order valence-electron chi connectivity index (χ0n) is 20.4. The number of likely N-dealkylation sites (tertiary alicyclic amines) is 1. The number of urea groups is 1. The number of nitrogens with zero attached hydrogens (tertiary/aromatic N) is 2. The molecule has 178 valence electrons. The fourth-order valence-corrected chi connectivity index (χ4v) is 5.59. The number of nitrogens with one attached hydrogen (secondary N) is 2. The zero-order valence-corrected chi connectivity index (χ0v) is 20.4. The van der Waals surface area contributed by atoms with E-state index in [2.05, 4.69) is 34.7 Å². The number of hydrogen-bond acceptors (Lipinski definition) is 5. The van der Waals surface area contributed by atoms with Gasteiger partial charge in [-0.25, -0.2) is 4.79 Å². The zero-order chi connectivity index (χ0) is 23.6. The molecule has 7 heteroatoms. The molecule has 0 spiro atoms. The number of anilines is 2. The van der Waals surface area contributed by atoms with Crippen molar-refractivity contribution in [3.63, 3.8) is 0 Å². The molecule has 2 fully saturated rings. The van der Waals surface area contributed by atoms with Gasteiger partial charge < -0.3 is 29.9 Å². The van der Waals surface area contributed by atoms with Gasteiger partial charge in [0.1, 0.15) is 0 Å². The van der Waals surface area contributed by atoms with Crippen LogP contribution in [0, 0.1) is 0 Å². The van der Waals surface area contributed by atoms with Gasteiger partial charge in [-0.15, -0.1) is 0 Å². The SMILES string of the molecule is COc1ccc([C@@]23CC[C@@H](NC(=O)Nc4ccc(N(C)C)cc4)C[C@@H]2N(C)CC3)cc1OC. The summed E-state index contributed by atoms with van der Waals surface area (Å²) >= 11 is 0. The highest BCUT2D eigenvalue weighted by atomic mass is 16.5. The average Bonchev–Trinajstić information content (AvgIpc) is 3.16. The summed E-state index contributed by atoms with van der Waals surface area (Å²) in [6.07, 6.45) is 4.02. The number of likely N-dealkylation sites (N-methyl/N-ethyl adjacent to an activating group) is 1. The molecule has 1 saturated heterocycles. The maximum Gasteiger partial charge on any atom is 0.319 e. The number of rotatable bonds is 6. The Morgan fingerprint density at radius 2 is 1.79 bits per heavy atom. The molecule has 1 saturated carbocycles. The molecule has 0 aromatic heterocycles. The Morgan fingerprint density at radius 1 is 1.06 bits per heavy atom. The fourth-order valence-electron chi connectivity index (χ4n) is 5.59. The van der Waals surface area contributed by atoms with Crippen molar-refractivity contribution in [1.82, 2.24) is 10.2 Å². The molecular formula is C26H36N4O3. The minimum Gasteiger partial charge on any atom is -0.493 e. The lowest BCUT2D eigenvalue weighted by molar-refractivity contribution is 0.156. The van der Waals surface area contributed by atoms with Crippen molar-refractivity contribution < 1.29 is 14.3 Å². The Labute approximate surface area is 197 Å². The van der Waals surface area contributed by atoms with Crippen molar-refractivity contribution in [1.29, 1.82) is 0 Å². The maximum absolute atomic E-state index is 12.7. The van der Waals surface area contributed by atoms with Crippen LogP contribution >= 0.6 is 0 Å². The van der Waals surface area contributed by atoms with E-state index in [1.165, 1.54) is 5.56 Å². The van der Waals surface area contributed by atoms with Gasteiger partial charge in [-0.2, -0.15) is 0 Å². The molecule has 2 N–H and O–H groups in total. The second-order valence-corrected chi connectivity index (χ2v) is 9.48. The molecule has 3 atom stereocenters. The van der Waals surface area contributed by atoms with Gasteiger partial charge >= 0.3 is 6.03 Å². The third kappa shape index (κ3) is 4.60. The Morgan fingerprint density at radius 3 is 2.45 bits per heavy atom. The van der Waals surface area contributed by atoms with Gasteiger partial charge in [0.05, 0.1) is 14.2 Å². The monoisotopic (exact) mass is 452 g/mol. The van der Waals surface area contributed by atoms with E-state index < -0.39 is 0 Å². The lowest BCUT2D eigenvalue weighted by Crippen LogP contribution is -2.52. The summed E-state index contributed by atoms with van der Waals surface area (Å²) in [6.45, 7) is 1.05. The Balaban J connectivity index is 1.44. The second-order valence-electron chi connectivity index (χ2n) is 9.48. The first-order chi connectivity index (χ1) is 15.9. The predicted molar refractivity (Wildman–Crippen MR) is 133 cm³/mol. The average molecular weight is 453 g/mol. The van der Waals surface area contributed by atoms with E-state index in [-0.39, 0.29) is 17.5 Å². The molecule has 7 nitrogen and oxygen atoms in total. The minimum absolute atomic E-state index is 0.0744. The maximum atomic E-state index is 12.7. The molecule has 4 rings (SSSR count). The molecule has 1 aliphatic carbocycles. The van der Waals surface area contributed by atoms with Crippen LogP contribution in [0.3, 0.4) is 0 Å². The lowest BCUT2D eigenvalue weighted by Gasteiger charge is -2.45. The highest BCUT2D eigenvalue weighted by Gasteiger charge is 2.50. The summed E-state index contributed by atoms with van der Waals surface area (Å²) in [5, 5.41) is 6.20. The van der Waals surface area contributed by atoms with Gasteiger partial charge in [-0.3, -0.25) is 0 Å². The van der Waals surface area contributed by atoms with Crippen LogP contribution in [0.2, 0.25) is 0 Å². The number of amides is 2. The smallest absolute Gasteiger partial charge is 0.319 e. The van der Waals surface area contributed by atoms with Crippen molar-refractivity contribution >= 4 is 17.4 Å². The van der Waals surface area contributed by atoms with E-state index in [9.17, 15) is 4.79 Å².